The summed E-state index contributed by atoms with van der Waals surface area (Å²) in [7, 11) is 1.87. The lowest BCUT2D eigenvalue weighted by Gasteiger charge is -2.24. The molecule has 0 unspecified atom stereocenters. The first-order valence-corrected chi connectivity index (χ1v) is 4.34. The fraction of sp³-hybridized carbons (Fsp3) is 0.889. The summed E-state index contributed by atoms with van der Waals surface area (Å²) in [6, 6.07) is 2.36. The minimum absolute atomic E-state index is 0.260. The average molecular weight is 154 g/mol. The van der Waals surface area contributed by atoms with Gasteiger partial charge in [-0.1, -0.05) is 26.7 Å². The van der Waals surface area contributed by atoms with E-state index >= 15 is 0 Å². The standard InChI is InChI=1S/C9H18N2/c1-4-6-9(8-10,11-3)7-5-2/h11H,4-7H2,1-3H3. The van der Waals surface area contributed by atoms with E-state index in [2.05, 4.69) is 25.2 Å². The SMILES string of the molecule is CCCC(C#N)(CCC)NC. The molecule has 0 aromatic heterocycles. The zero-order chi connectivity index (χ0) is 8.74. The molecule has 2 heteroatoms. The Hall–Kier alpha value is -0.550. The van der Waals surface area contributed by atoms with Crippen LogP contribution in [0.3, 0.4) is 0 Å². The van der Waals surface area contributed by atoms with Crippen LogP contribution in [0.15, 0.2) is 0 Å². The summed E-state index contributed by atoms with van der Waals surface area (Å²) in [5, 5.41) is 12.0. The molecule has 0 radical (unpaired) electrons. The fourth-order valence-corrected chi connectivity index (χ4v) is 1.40. The van der Waals surface area contributed by atoms with Gasteiger partial charge in [0.15, 0.2) is 0 Å². The molecule has 0 aliphatic heterocycles. The number of hydrogen-bond acceptors (Lipinski definition) is 2. The smallest absolute Gasteiger partial charge is 0.106 e. The van der Waals surface area contributed by atoms with Crippen molar-refractivity contribution in [3.05, 3.63) is 0 Å². The zero-order valence-corrected chi connectivity index (χ0v) is 7.78. The minimum atomic E-state index is -0.260. The fourth-order valence-electron chi connectivity index (χ4n) is 1.40. The van der Waals surface area contributed by atoms with E-state index in [1.807, 2.05) is 7.05 Å². The van der Waals surface area contributed by atoms with Crippen molar-refractivity contribution in [3.63, 3.8) is 0 Å². The topological polar surface area (TPSA) is 35.8 Å². The van der Waals surface area contributed by atoms with Gasteiger partial charge in [0.1, 0.15) is 5.54 Å². The van der Waals surface area contributed by atoms with Crippen LogP contribution in [0, 0.1) is 11.3 Å². The molecule has 0 aromatic carbocycles. The van der Waals surface area contributed by atoms with Crippen molar-refractivity contribution in [1.82, 2.24) is 5.32 Å². The van der Waals surface area contributed by atoms with Gasteiger partial charge in [-0.15, -0.1) is 0 Å². The lowest BCUT2D eigenvalue weighted by Crippen LogP contribution is -2.41. The van der Waals surface area contributed by atoms with Gasteiger partial charge < -0.3 is 5.32 Å². The number of nitriles is 1. The number of rotatable bonds is 5. The molecule has 64 valence electrons. The lowest BCUT2D eigenvalue weighted by atomic mass is 9.91. The first-order valence-electron chi connectivity index (χ1n) is 4.34. The van der Waals surface area contributed by atoms with E-state index in [0.717, 1.165) is 25.7 Å². The summed E-state index contributed by atoms with van der Waals surface area (Å²) in [6.07, 6.45) is 4.03. The highest BCUT2D eigenvalue weighted by atomic mass is 14.9. The summed E-state index contributed by atoms with van der Waals surface area (Å²) < 4.78 is 0. The molecule has 0 spiro atoms. The largest absolute Gasteiger partial charge is 0.302 e. The van der Waals surface area contributed by atoms with E-state index in [-0.39, 0.29) is 5.54 Å². The molecule has 1 N–H and O–H groups in total. The van der Waals surface area contributed by atoms with Crippen molar-refractivity contribution < 1.29 is 0 Å². The van der Waals surface area contributed by atoms with Crippen molar-refractivity contribution >= 4 is 0 Å². The summed E-state index contributed by atoms with van der Waals surface area (Å²) in [5.74, 6) is 0. The van der Waals surface area contributed by atoms with E-state index in [4.69, 9.17) is 5.26 Å². The van der Waals surface area contributed by atoms with Crippen molar-refractivity contribution in [3.8, 4) is 6.07 Å². The Morgan fingerprint density at radius 1 is 1.27 bits per heavy atom. The van der Waals surface area contributed by atoms with Crippen molar-refractivity contribution in [2.45, 2.75) is 45.1 Å². The molecule has 0 aliphatic rings. The molecular weight excluding hydrogens is 136 g/mol. The first kappa shape index (κ1) is 10.4. The number of nitrogens with one attached hydrogen (secondary N) is 1. The number of hydrogen-bond donors (Lipinski definition) is 1. The minimum Gasteiger partial charge on any atom is -0.302 e. The molecule has 0 amide bonds. The Morgan fingerprint density at radius 3 is 1.91 bits per heavy atom. The van der Waals surface area contributed by atoms with Crippen LogP contribution in [0.1, 0.15) is 39.5 Å². The summed E-state index contributed by atoms with van der Waals surface area (Å²) in [4.78, 5) is 0. The van der Waals surface area contributed by atoms with Crippen molar-refractivity contribution in [1.29, 1.82) is 5.26 Å². The molecule has 0 fully saturated rings. The average Bonchev–Trinajstić information content (AvgIpc) is 2.04. The van der Waals surface area contributed by atoms with Crippen LogP contribution in [0.25, 0.3) is 0 Å². The molecule has 0 bridgehead atoms. The summed E-state index contributed by atoms with van der Waals surface area (Å²) in [5.41, 5.74) is -0.260. The van der Waals surface area contributed by atoms with E-state index in [1.165, 1.54) is 0 Å². The van der Waals surface area contributed by atoms with Gasteiger partial charge in [0.05, 0.1) is 6.07 Å². The number of nitrogens with zero attached hydrogens (tertiary/aromatic N) is 1. The Balaban J connectivity index is 4.11. The second kappa shape index (κ2) is 5.15. The molecule has 0 aromatic rings. The third-order valence-corrected chi connectivity index (χ3v) is 2.05. The Labute approximate surface area is 69.6 Å². The van der Waals surface area contributed by atoms with Crippen LogP contribution in [0.2, 0.25) is 0 Å². The van der Waals surface area contributed by atoms with Gasteiger partial charge in [0.25, 0.3) is 0 Å². The highest BCUT2D eigenvalue weighted by Crippen LogP contribution is 2.17. The zero-order valence-electron chi connectivity index (χ0n) is 7.78. The molecule has 0 heterocycles. The van der Waals surface area contributed by atoms with Crippen LogP contribution >= 0.6 is 0 Å². The predicted molar refractivity (Wildman–Crippen MR) is 47.2 cm³/mol. The van der Waals surface area contributed by atoms with E-state index in [1.54, 1.807) is 0 Å². The lowest BCUT2D eigenvalue weighted by molar-refractivity contribution is 0.380. The van der Waals surface area contributed by atoms with Crippen LogP contribution in [-0.4, -0.2) is 12.6 Å². The van der Waals surface area contributed by atoms with Gasteiger partial charge >= 0.3 is 0 Å². The van der Waals surface area contributed by atoms with Crippen molar-refractivity contribution in [2.75, 3.05) is 7.05 Å². The molecule has 0 saturated heterocycles. The Morgan fingerprint density at radius 2 is 1.73 bits per heavy atom. The van der Waals surface area contributed by atoms with Gasteiger partial charge in [-0.05, 0) is 19.9 Å². The van der Waals surface area contributed by atoms with Crippen LogP contribution in [0.5, 0.6) is 0 Å². The van der Waals surface area contributed by atoms with E-state index in [0.29, 0.717) is 0 Å². The third kappa shape index (κ3) is 2.90. The molecular formula is C9H18N2. The second-order valence-corrected chi connectivity index (χ2v) is 2.94. The van der Waals surface area contributed by atoms with E-state index in [9.17, 15) is 0 Å². The molecule has 0 aliphatic carbocycles. The first-order chi connectivity index (χ1) is 5.24. The Bertz CT molecular complexity index is 129. The highest BCUT2D eigenvalue weighted by molar-refractivity contribution is 5.05. The van der Waals surface area contributed by atoms with Gasteiger partial charge in [-0.25, -0.2) is 0 Å². The molecule has 0 rings (SSSR count). The van der Waals surface area contributed by atoms with Gasteiger partial charge in [-0.3, -0.25) is 0 Å². The maximum absolute atomic E-state index is 8.93. The summed E-state index contributed by atoms with van der Waals surface area (Å²) >= 11 is 0. The molecule has 0 saturated carbocycles. The van der Waals surface area contributed by atoms with Crippen LogP contribution < -0.4 is 5.32 Å². The molecule has 11 heavy (non-hydrogen) atoms. The van der Waals surface area contributed by atoms with Gasteiger partial charge in [0, 0.05) is 0 Å². The van der Waals surface area contributed by atoms with Gasteiger partial charge in [-0.2, -0.15) is 5.26 Å². The third-order valence-electron chi connectivity index (χ3n) is 2.05. The van der Waals surface area contributed by atoms with Crippen LogP contribution in [-0.2, 0) is 0 Å². The Kier molecular flexibility index (Phi) is 4.89. The van der Waals surface area contributed by atoms with Crippen LogP contribution in [0.4, 0.5) is 0 Å². The monoisotopic (exact) mass is 154 g/mol. The second-order valence-electron chi connectivity index (χ2n) is 2.94. The molecule has 2 nitrogen and oxygen atoms in total. The van der Waals surface area contributed by atoms with Gasteiger partial charge in [0.2, 0.25) is 0 Å². The normalized spacial score (nSPS) is 11.1. The molecule has 0 atom stereocenters. The quantitative estimate of drug-likeness (QED) is 0.658. The highest BCUT2D eigenvalue weighted by Gasteiger charge is 2.24. The van der Waals surface area contributed by atoms with Crippen molar-refractivity contribution in [2.24, 2.45) is 0 Å². The maximum Gasteiger partial charge on any atom is 0.106 e. The predicted octanol–water partition coefficient (Wildman–Crippen LogP) is 2.07. The maximum atomic E-state index is 8.93. The summed E-state index contributed by atoms with van der Waals surface area (Å²) in [6.45, 7) is 4.22. The van der Waals surface area contributed by atoms with E-state index < -0.39 is 0 Å².